The number of benzene rings is 2. The van der Waals surface area contributed by atoms with E-state index in [4.69, 9.17) is 15.6 Å². The molecule has 1 aliphatic rings. The summed E-state index contributed by atoms with van der Waals surface area (Å²) < 4.78 is 6.39. The van der Waals surface area contributed by atoms with Crippen LogP contribution in [0.25, 0.3) is 5.57 Å². The van der Waals surface area contributed by atoms with E-state index in [2.05, 4.69) is 39.7 Å². The van der Waals surface area contributed by atoms with Crippen LogP contribution in [0.15, 0.2) is 78.1 Å². The van der Waals surface area contributed by atoms with Crippen molar-refractivity contribution in [2.45, 2.75) is 31.4 Å². The molecule has 2 heterocycles. The number of pyridine rings is 1. The summed E-state index contributed by atoms with van der Waals surface area (Å²) in [6.45, 7) is 3.42. The number of aliphatic imine (C=N–C) groups is 1. The fourth-order valence-corrected chi connectivity index (χ4v) is 4.50. The molecule has 0 saturated carbocycles. The average Bonchev–Trinajstić information content (AvgIpc) is 2.91. The molecule has 8 nitrogen and oxygen atoms in total. The summed E-state index contributed by atoms with van der Waals surface area (Å²) in [5.74, 6) is -0.114. The van der Waals surface area contributed by atoms with Crippen LogP contribution in [0.2, 0.25) is 0 Å². The van der Waals surface area contributed by atoms with Gasteiger partial charge in [0.1, 0.15) is 6.10 Å². The normalized spacial score (nSPS) is 16.9. The first kappa shape index (κ1) is 25.9. The van der Waals surface area contributed by atoms with Gasteiger partial charge in [-0.1, -0.05) is 61.5 Å². The van der Waals surface area contributed by atoms with Gasteiger partial charge in [0.05, 0.1) is 24.7 Å². The molecule has 0 spiro atoms. The van der Waals surface area contributed by atoms with Crippen LogP contribution in [0.3, 0.4) is 0 Å². The Morgan fingerprint density at radius 1 is 1.24 bits per heavy atom. The first-order chi connectivity index (χ1) is 18.0. The molecule has 0 saturated heterocycles. The number of carbonyl (C=O) groups is 1. The Bertz CT molecular complexity index is 1280. The lowest BCUT2D eigenvalue weighted by Crippen LogP contribution is -2.43. The van der Waals surface area contributed by atoms with Crippen molar-refractivity contribution in [2.75, 3.05) is 25.5 Å². The van der Waals surface area contributed by atoms with E-state index in [1.807, 2.05) is 48.5 Å². The Balaban J connectivity index is 1.51. The number of aromatic nitrogens is 1. The number of hydrogen-bond acceptors (Lipinski definition) is 7. The number of fused-ring (bicyclic) bond motifs is 1. The van der Waals surface area contributed by atoms with Crippen LogP contribution in [0.4, 0.5) is 5.69 Å². The smallest absolute Gasteiger partial charge is 0.307 e. The third-order valence-electron chi connectivity index (χ3n) is 6.44. The summed E-state index contributed by atoms with van der Waals surface area (Å²) in [5, 5.41) is 16.3. The van der Waals surface area contributed by atoms with Gasteiger partial charge in [-0.15, -0.1) is 0 Å². The van der Waals surface area contributed by atoms with Gasteiger partial charge in [-0.25, -0.2) is 4.98 Å². The topological polar surface area (TPSA) is 122 Å². The van der Waals surface area contributed by atoms with E-state index in [0.717, 1.165) is 33.5 Å². The van der Waals surface area contributed by atoms with Crippen molar-refractivity contribution < 1.29 is 14.6 Å². The standard InChI is InChI=1S/C29H33N5O3/c1-19(22-10-6-7-20(11-22)12-27(35)36)15-33-28(21-8-4-3-5-9-21)26-18-32-25-13-23(17-34-29(25)37-26)24(14-30)16-31-2/h3-11,13-14,16-17,19,26,28,32-33H,12,15,18,30H2,1-2H3,(H,35,36)/b24-14+,31-16?/t19-,26-,28+/m0/s1. The van der Waals surface area contributed by atoms with Gasteiger partial charge in [0, 0.05) is 43.3 Å². The molecule has 0 fully saturated rings. The Hall–Kier alpha value is -4.17. The molecule has 1 aromatic heterocycles. The summed E-state index contributed by atoms with van der Waals surface area (Å²) >= 11 is 0. The van der Waals surface area contributed by atoms with Gasteiger partial charge in [-0.3, -0.25) is 9.79 Å². The number of nitrogens with one attached hydrogen (secondary N) is 2. The molecule has 1 aliphatic heterocycles. The first-order valence-electron chi connectivity index (χ1n) is 12.3. The van der Waals surface area contributed by atoms with Crippen molar-refractivity contribution in [3.63, 3.8) is 0 Å². The van der Waals surface area contributed by atoms with Crippen molar-refractivity contribution in [2.24, 2.45) is 10.7 Å². The lowest BCUT2D eigenvalue weighted by atomic mass is 9.95. The number of aliphatic carboxylic acids is 1. The highest BCUT2D eigenvalue weighted by Gasteiger charge is 2.30. The zero-order chi connectivity index (χ0) is 26.2. The molecule has 3 atom stereocenters. The van der Waals surface area contributed by atoms with E-state index in [0.29, 0.717) is 19.0 Å². The largest absolute Gasteiger partial charge is 0.481 e. The number of hydrogen-bond donors (Lipinski definition) is 4. The quantitative estimate of drug-likeness (QED) is 0.311. The van der Waals surface area contributed by atoms with Gasteiger partial charge < -0.3 is 26.2 Å². The zero-order valence-electron chi connectivity index (χ0n) is 21.1. The monoisotopic (exact) mass is 499 g/mol. The molecule has 5 N–H and O–H groups in total. The lowest BCUT2D eigenvalue weighted by Gasteiger charge is -2.34. The van der Waals surface area contributed by atoms with Crippen molar-refractivity contribution in [3.8, 4) is 5.88 Å². The molecule has 0 bridgehead atoms. The van der Waals surface area contributed by atoms with E-state index in [1.165, 1.54) is 6.20 Å². The van der Waals surface area contributed by atoms with Crippen LogP contribution in [0.1, 0.15) is 41.1 Å². The Morgan fingerprint density at radius 3 is 2.76 bits per heavy atom. The number of rotatable bonds is 10. The molecule has 4 rings (SSSR count). The Labute approximate surface area is 217 Å². The minimum absolute atomic E-state index is 0.0180. The van der Waals surface area contributed by atoms with Crippen LogP contribution in [0, 0.1) is 0 Å². The number of carboxylic acid groups (broad SMARTS) is 1. The predicted molar refractivity (Wildman–Crippen MR) is 147 cm³/mol. The van der Waals surface area contributed by atoms with Crippen molar-refractivity contribution in [1.29, 1.82) is 0 Å². The fraction of sp³-hybridized carbons (Fsp3) is 0.276. The summed E-state index contributed by atoms with van der Waals surface area (Å²) in [5.41, 5.74) is 11.2. The van der Waals surface area contributed by atoms with E-state index in [-0.39, 0.29) is 24.5 Å². The van der Waals surface area contributed by atoms with Gasteiger partial charge >= 0.3 is 5.97 Å². The first-order valence-corrected chi connectivity index (χ1v) is 12.3. The number of nitrogens with two attached hydrogens (primary N) is 1. The van der Waals surface area contributed by atoms with Crippen LogP contribution >= 0.6 is 0 Å². The predicted octanol–water partition coefficient (Wildman–Crippen LogP) is 4.02. The minimum atomic E-state index is -0.830. The lowest BCUT2D eigenvalue weighted by molar-refractivity contribution is -0.136. The maximum absolute atomic E-state index is 11.1. The van der Waals surface area contributed by atoms with E-state index >= 15 is 0 Å². The summed E-state index contributed by atoms with van der Waals surface area (Å²) in [4.78, 5) is 19.7. The number of carboxylic acids is 1. The Morgan fingerprint density at radius 2 is 2.03 bits per heavy atom. The highest BCUT2D eigenvalue weighted by Crippen LogP contribution is 2.33. The van der Waals surface area contributed by atoms with Gasteiger partial charge in [0.2, 0.25) is 5.88 Å². The second-order valence-electron chi connectivity index (χ2n) is 9.14. The Kier molecular flexibility index (Phi) is 8.53. The zero-order valence-corrected chi connectivity index (χ0v) is 21.1. The number of nitrogens with zero attached hydrogens (tertiary/aromatic N) is 2. The van der Waals surface area contributed by atoms with Crippen LogP contribution in [0.5, 0.6) is 5.88 Å². The molecule has 2 aromatic carbocycles. The number of anilines is 1. The third-order valence-corrected chi connectivity index (χ3v) is 6.44. The highest BCUT2D eigenvalue weighted by molar-refractivity contribution is 6.09. The molecule has 0 unspecified atom stereocenters. The molecule has 8 heteroatoms. The molecule has 37 heavy (non-hydrogen) atoms. The second-order valence-corrected chi connectivity index (χ2v) is 9.14. The summed E-state index contributed by atoms with van der Waals surface area (Å²) in [6.07, 6.45) is 4.77. The van der Waals surface area contributed by atoms with E-state index < -0.39 is 5.97 Å². The molecule has 0 amide bonds. The molecule has 0 aliphatic carbocycles. The van der Waals surface area contributed by atoms with E-state index in [1.54, 1.807) is 19.5 Å². The summed E-state index contributed by atoms with van der Waals surface area (Å²) in [7, 11) is 1.70. The number of allylic oxidation sites excluding steroid dienone is 1. The molecular formula is C29H33N5O3. The third kappa shape index (κ3) is 6.54. The molecule has 3 aromatic rings. The minimum Gasteiger partial charge on any atom is -0.481 e. The molecule has 0 radical (unpaired) electrons. The van der Waals surface area contributed by atoms with Crippen molar-refractivity contribution >= 4 is 23.4 Å². The van der Waals surface area contributed by atoms with Crippen LogP contribution < -0.4 is 21.1 Å². The van der Waals surface area contributed by atoms with Gasteiger partial charge in [0.15, 0.2) is 0 Å². The maximum Gasteiger partial charge on any atom is 0.307 e. The second kappa shape index (κ2) is 12.2. The molecule has 192 valence electrons. The van der Waals surface area contributed by atoms with Gasteiger partial charge in [-0.05, 0) is 28.7 Å². The summed E-state index contributed by atoms with van der Waals surface area (Å²) in [6, 6.07) is 19.9. The fourth-order valence-electron chi connectivity index (χ4n) is 4.50. The molecular weight excluding hydrogens is 466 g/mol. The van der Waals surface area contributed by atoms with Crippen molar-refractivity contribution in [1.82, 2.24) is 10.3 Å². The van der Waals surface area contributed by atoms with Gasteiger partial charge in [-0.2, -0.15) is 0 Å². The highest BCUT2D eigenvalue weighted by atomic mass is 16.5. The average molecular weight is 500 g/mol. The SMILES string of the molecule is CN=C/C(=C\N)c1cnc2c(c1)NC[C@@H]([C@H](NC[C@H](C)c1cccc(CC(=O)O)c1)c1ccccc1)O2. The maximum atomic E-state index is 11.1. The van der Waals surface area contributed by atoms with Crippen LogP contribution in [-0.2, 0) is 11.2 Å². The van der Waals surface area contributed by atoms with Crippen LogP contribution in [-0.4, -0.2) is 48.5 Å². The van der Waals surface area contributed by atoms with E-state index in [9.17, 15) is 4.79 Å². The number of ether oxygens (including phenoxy) is 1. The van der Waals surface area contributed by atoms with Crippen molar-refractivity contribution in [3.05, 3.63) is 95.3 Å². The van der Waals surface area contributed by atoms with Gasteiger partial charge in [0.25, 0.3) is 0 Å².